The molecule has 0 aliphatic carbocycles. The zero-order chi connectivity index (χ0) is 13.0. The first-order chi connectivity index (χ1) is 8.72. The van der Waals surface area contributed by atoms with Crippen molar-refractivity contribution in [3.63, 3.8) is 0 Å². The molecule has 3 nitrogen and oxygen atoms in total. The van der Waals surface area contributed by atoms with Crippen LogP contribution in [0.3, 0.4) is 0 Å². The highest BCUT2D eigenvalue weighted by Gasteiger charge is 2.28. The Hall–Kier alpha value is -1.06. The van der Waals surface area contributed by atoms with Gasteiger partial charge in [0.2, 0.25) is 5.91 Å². The zero-order valence-electron chi connectivity index (χ0n) is 10.6. The second kappa shape index (κ2) is 6.21. The van der Waals surface area contributed by atoms with Gasteiger partial charge in [-0.25, -0.2) is 0 Å². The van der Waals surface area contributed by atoms with Crippen LogP contribution in [0.1, 0.15) is 17.5 Å². The zero-order valence-corrected chi connectivity index (χ0v) is 11.3. The van der Waals surface area contributed by atoms with Crippen LogP contribution in [0, 0.1) is 5.92 Å². The lowest BCUT2D eigenvalue weighted by molar-refractivity contribution is -0.128. The van der Waals surface area contributed by atoms with E-state index in [-0.39, 0.29) is 5.91 Å². The third kappa shape index (κ3) is 3.24. The Morgan fingerprint density at radius 1 is 1.33 bits per heavy atom. The molecule has 1 atom stereocenters. The van der Waals surface area contributed by atoms with Crippen LogP contribution in [-0.2, 0) is 22.7 Å². The molecule has 1 amide bonds. The average Bonchev–Trinajstić information content (AvgIpc) is 2.73. The maximum absolute atomic E-state index is 11.8. The van der Waals surface area contributed by atoms with Crippen LogP contribution in [0.2, 0.25) is 0 Å². The first kappa shape index (κ1) is 13.4. The first-order valence-electron chi connectivity index (χ1n) is 6.13. The highest BCUT2D eigenvalue weighted by atomic mass is 35.5. The van der Waals surface area contributed by atoms with Crippen molar-refractivity contribution in [2.24, 2.45) is 5.92 Å². The maximum Gasteiger partial charge on any atom is 0.223 e. The predicted molar refractivity (Wildman–Crippen MR) is 71.4 cm³/mol. The molecule has 4 heteroatoms. The second-order valence-electron chi connectivity index (χ2n) is 4.75. The third-order valence-corrected chi connectivity index (χ3v) is 3.66. The summed E-state index contributed by atoms with van der Waals surface area (Å²) in [6.45, 7) is 2.08. The summed E-state index contributed by atoms with van der Waals surface area (Å²) in [4.78, 5) is 13.7. The number of ether oxygens (including phenoxy) is 1. The van der Waals surface area contributed by atoms with Crippen molar-refractivity contribution in [2.45, 2.75) is 19.6 Å². The smallest absolute Gasteiger partial charge is 0.223 e. The van der Waals surface area contributed by atoms with E-state index >= 15 is 0 Å². The van der Waals surface area contributed by atoms with Gasteiger partial charge >= 0.3 is 0 Å². The summed E-state index contributed by atoms with van der Waals surface area (Å²) in [6.07, 6.45) is 0.589. The van der Waals surface area contributed by atoms with Gasteiger partial charge in [0.15, 0.2) is 0 Å². The lowest BCUT2D eigenvalue weighted by atomic mass is 10.1. The molecular weight excluding hydrogens is 250 g/mol. The Bertz CT molecular complexity index is 405. The highest BCUT2D eigenvalue weighted by molar-refractivity contribution is 6.18. The Labute approximate surface area is 113 Å². The van der Waals surface area contributed by atoms with Crippen LogP contribution in [0.15, 0.2) is 24.3 Å². The van der Waals surface area contributed by atoms with E-state index in [1.54, 1.807) is 7.11 Å². The average molecular weight is 268 g/mol. The number of alkyl halides is 1. The highest BCUT2D eigenvalue weighted by Crippen LogP contribution is 2.21. The summed E-state index contributed by atoms with van der Waals surface area (Å²) in [5.74, 6) is 1.09. The van der Waals surface area contributed by atoms with Gasteiger partial charge in [0, 0.05) is 32.5 Å². The molecule has 0 bridgehead atoms. The van der Waals surface area contributed by atoms with E-state index in [0.717, 1.165) is 17.7 Å². The van der Waals surface area contributed by atoms with Crippen molar-refractivity contribution in [3.05, 3.63) is 35.4 Å². The van der Waals surface area contributed by atoms with Crippen LogP contribution in [0.4, 0.5) is 0 Å². The fourth-order valence-corrected chi connectivity index (χ4v) is 2.44. The Kier molecular flexibility index (Phi) is 4.61. The second-order valence-corrected chi connectivity index (χ2v) is 5.06. The molecule has 1 saturated heterocycles. The number of hydrogen-bond acceptors (Lipinski definition) is 2. The molecule has 1 unspecified atom stereocenters. The Morgan fingerprint density at radius 3 is 2.56 bits per heavy atom. The molecule has 0 spiro atoms. The molecule has 1 heterocycles. The van der Waals surface area contributed by atoms with Gasteiger partial charge in [0.1, 0.15) is 0 Å². The third-order valence-electron chi connectivity index (χ3n) is 3.22. The predicted octanol–water partition coefficient (Wildman–Crippen LogP) is 2.42. The monoisotopic (exact) mass is 267 g/mol. The lowest BCUT2D eigenvalue weighted by Gasteiger charge is -2.16. The van der Waals surface area contributed by atoms with Gasteiger partial charge in [-0.15, -0.1) is 11.6 Å². The normalized spacial score (nSPS) is 19.6. The number of nitrogens with zero attached hydrogens (tertiary/aromatic N) is 1. The summed E-state index contributed by atoms with van der Waals surface area (Å²) in [5.41, 5.74) is 2.30. The van der Waals surface area contributed by atoms with Crippen LogP contribution in [0.25, 0.3) is 0 Å². The van der Waals surface area contributed by atoms with Crippen molar-refractivity contribution in [1.82, 2.24) is 4.90 Å². The first-order valence-corrected chi connectivity index (χ1v) is 6.67. The number of benzene rings is 1. The van der Waals surface area contributed by atoms with Gasteiger partial charge in [-0.2, -0.15) is 0 Å². The van der Waals surface area contributed by atoms with Gasteiger partial charge in [-0.1, -0.05) is 24.3 Å². The molecule has 98 valence electrons. The SMILES string of the molecule is COCc1ccc(CN2CC(CCl)CC2=O)cc1. The van der Waals surface area contributed by atoms with Gasteiger partial charge < -0.3 is 9.64 Å². The molecule has 18 heavy (non-hydrogen) atoms. The van der Waals surface area contributed by atoms with Crippen LogP contribution in [0.5, 0.6) is 0 Å². The largest absolute Gasteiger partial charge is 0.380 e. The number of carbonyl (C=O) groups is 1. The van der Waals surface area contributed by atoms with Crippen molar-refractivity contribution in [2.75, 3.05) is 19.5 Å². The lowest BCUT2D eigenvalue weighted by Crippen LogP contribution is -2.24. The van der Waals surface area contributed by atoms with Gasteiger partial charge in [0.25, 0.3) is 0 Å². The fourth-order valence-electron chi connectivity index (χ4n) is 2.24. The van der Waals surface area contributed by atoms with E-state index in [9.17, 15) is 4.79 Å². The molecule has 2 rings (SSSR count). The fraction of sp³-hybridized carbons (Fsp3) is 0.500. The number of rotatable bonds is 5. The number of methoxy groups -OCH3 is 1. The Morgan fingerprint density at radius 2 is 2.00 bits per heavy atom. The molecule has 1 aromatic rings. The standard InChI is InChI=1S/C14H18ClNO2/c1-18-10-12-4-2-11(3-5-12)8-16-9-13(7-15)6-14(16)17/h2-5,13H,6-10H2,1H3. The van der Waals surface area contributed by atoms with E-state index in [2.05, 4.69) is 12.1 Å². The summed E-state index contributed by atoms with van der Waals surface area (Å²) in [6, 6.07) is 8.18. The molecule has 0 aromatic heterocycles. The minimum absolute atomic E-state index is 0.210. The number of amides is 1. The van der Waals surface area contributed by atoms with E-state index in [1.165, 1.54) is 0 Å². The van der Waals surface area contributed by atoms with Crippen molar-refractivity contribution >= 4 is 17.5 Å². The van der Waals surface area contributed by atoms with Crippen LogP contribution in [-0.4, -0.2) is 30.3 Å². The van der Waals surface area contributed by atoms with Gasteiger partial charge in [0.05, 0.1) is 6.61 Å². The number of likely N-dealkylation sites (tertiary alicyclic amines) is 1. The summed E-state index contributed by atoms with van der Waals surface area (Å²) >= 11 is 5.80. The molecule has 1 fully saturated rings. The maximum atomic E-state index is 11.8. The summed E-state index contributed by atoms with van der Waals surface area (Å²) in [5, 5.41) is 0. The molecule has 0 saturated carbocycles. The number of halogens is 1. The number of carbonyl (C=O) groups excluding carboxylic acids is 1. The van der Waals surface area contributed by atoms with Crippen molar-refractivity contribution < 1.29 is 9.53 Å². The summed E-state index contributed by atoms with van der Waals surface area (Å²) < 4.78 is 5.07. The van der Waals surface area contributed by atoms with E-state index < -0.39 is 0 Å². The van der Waals surface area contributed by atoms with Crippen LogP contribution >= 0.6 is 11.6 Å². The molecule has 0 radical (unpaired) electrons. The Balaban J connectivity index is 1.95. The minimum Gasteiger partial charge on any atom is -0.380 e. The van der Waals surface area contributed by atoms with Crippen molar-refractivity contribution in [1.29, 1.82) is 0 Å². The minimum atomic E-state index is 0.210. The number of hydrogen-bond donors (Lipinski definition) is 0. The topological polar surface area (TPSA) is 29.5 Å². The summed E-state index contributed by atoms with van der Waals surface area (Å²) in [7, 11) is 1.68. The van der Waals surface area contributed by atoms with Gasteiger partial charge in [-0.05, 0) is 17.0 Å². The van der Waals surface area contributed by atoms with Crippen molar-refractivity contribution in [3.8, 4) is 0 Å². The van der Waals surface area contributed by atoms with Gasteiger partial charge in [-0.3, -0.25) is 4.79 Å². The molecular formula is C14H18ClNO2. The molecule has 0 N–H and O–H groups in total. The quantitative estimate of drug-likeness (QED) is 0.767. The van der Waals surface area contributed by atoms with Crippen LogP contribution < -0.4 is 0 Å². The van der Waals surface area contributed by atoms with E-state index in [0.29, 0.717) is 31.4 Å². The molecule has 1 aromatic carbocycles. The van der Waals surface area contributed by atoms with E-state index in [4.69, 9.17) is 16.3 Å². The van der Waals surface area contributed by atoms with E-state index in [1.807, 2.05) is 17.0 Å². The molecule has 1 aliphatic heterocycles. The molecule has 1 aliphatic rings.